The number of nitrogen functional groups attached to an aromatic ring is 1. The third-order valence-corrected chi connectivity index (χ3v) is 3.32. The van der Waals surface area contributed by atoms with Crippen LogP contribution in [0.1, 0.15) is 40.0 Å². The first-order valence-corrected chi connectivity index (χ1v) is 6.33. The third-order valence-electron chi connectivity index (χ3n) is 3.32. The minimum Gasteiger partial charge on any atom is -0.489 e. The van der Waals surface area contributed by atoms with E-state index in [0.29, 0.717) is 5.69 Å². The fourth-order valence-electron chi connectivity index (χ4n) is 2.17. The Hall–Kier alpha value is -1.38. The molecule has 0 heterocycles. The molecule has 94 valence electrons. The fraction of sp³-hybridized carbons (Fsp3) is 0.571. The van der Waals surface area contributed by atoms with Crippen LogP contribution in [-0.2, 0) is 0 Å². The van der Waals surface area contributed by atoms with Crippen molar-refractivity contribution in [1.82, 2.24) is 0 Å². The van der Waals surface area contributed by atoms with Crippen molar-refractivity contribution in [3.05, 3.63) is 18.2 Å². The highest BCUT2D eigenvalue weighted by molar-refractivity contribution is 5.73. The van der Waals surface area contributed by atoms with Gasteiger partial charge < -0.3 is 15.8 Å². The molecule has 0 saturated heterocycles. The van der Waals surface area contributed by atoms with Gasteiger partial charge in [-0.05, 0) is 52.2 Å². The molecule has 2 rings (SSSR count). The molecule has 0 spiro atoms. The van der Waals surface area contributed by atoms with Crippen LogP contribution in [0.4, 0.5) is 11.4 Å². The zero-order valence-corrected chi connectivity index (χ0v) is 10.9. The third kappa shape index (κ3) is 2.65. The van der Waals surface area contributed by atoms with E-state index in [1.807, 2.05) is 32.0 Å². The topological polar surface area (TPSA) is 47.3 Å². The van der Waals surface area contributed by atoms with Gasteiger partial charge in [0.1, 0.15) is 5.75 Å². The molecule has 1 aliphatic carbocycles. The lowest BCUT2D eigenvalue weighted by Gasteiger charge is -2.40. The Morgan fingerprint density at radius 3 is 2.59 bits per heavy atom. The summed E-state index contributed by atoms with van der Waals surface area (Å²) < 4.78 is 5.69. The van der Waals surface area contributed by atoms with Crippen molar-refractivity contribution < 1.29 is 4.74 Å². The zero-order chi connectivity index (χ0) is 12.5. The van der Waals surface area contributed by atoms with E-state index in [4.69, 9.17) is 10.5 Å². The maximum Gasteiger partial charge on any atom is 0.144 e. The van der Waals surface area contributed by atoms with Crippen molar-refractivity contribution in [2.45, 2.75) is 51.7 Å². The van der Waals surface area contributed by atoms with Crippen LogP contribution in [0.3, 0.4) is 0 Å². The molecule has 1 fully saturated rings. The number of para-hydroxylation sites is 1. The summed E-state index contributed by atoms with van der Waals surface area (Å²) in [5, 5.41) is 3.53. The van der Waals surface area contributed by atoms with Gasteiger partial charge >= 0.3 is 0 Å². The van der Waals surface area contributed by atoms with Gasteiger partial charge in [0.15, 0.2) is 0 Å². The average molecular weight is 234 g/mol. The summed E-state index contributed by atoms with van der Waals surface area (Å²) in [5.41, 5.74) is 8.05. The van der Waals surface area contributed by atoms with Gasteiger partial charge in [-0.2, -0.15) is 0 Å². The molecule has 3 heteroatoms. The second-order valence-electron chi connectivity index (χ2n) is 5.42. The van der Waals surface area contributed by atoms with Crippen LogP contribution in [0, 0.1) is 0 Å². The van der Waals surface area contributed by atoms with E-state index in [1.54, 1.807) is 0 Å². The van der Waals surface area contributed by atoms with Crippen LogP contribution >= 0.6 is 0 Å². The van der Waals surface area contributed by atoms with E-state index in [-0.39, 0.29) is 11.6 Å². The number of rotatable bonds is 4. The number of ether oxygens (including phenoxy) is 1. The van der Waals surface area contributed by atoms with Crippen molar-refractivity contribution in [3.63, 3.8) is 0 Å². The lowest BCUT2D eigenvalue weighted by molar-refractivity contribution is 0.244. The Morgan fingerprint density at radius 2 is 2.06 bits per heavy atom. The Labute approximate surface area is 103 Å². The van der Waals surface area contributed by atoms with Gasteiger partial charge in [0.2, 0.25) is 0 Å². The smallest absolute Gasteiger partial charge is 0.144 e. The van der Waals surface area contributed by atoms with Crippen LogP contribution in [-0.4, -0.2) is 11.6 Å². The summed E-state index contributed by atoms with van der Waals surface area (Å²) in [5.74, 6) is 0.771. The average Bonchev–Trinajstić information content (AvgIpc) is 2.21. The van der Waals surface area contributed by atoms with E-state index in [0.717, 1.165) is 11.4 Å². The zero-order valence-electron chi connectivity index (χ0n) is 10.9. The number of nitrogens with two attached hydrogens (primary N) is 1. The summed E-state index contributed by atoms with van der Waals surface area (Å²) >= 11 is 0. The normalized spacial score (nSPS) is 17.6. The van der Waals surface area contributed by atoms with Crippen LogP contribution in [0.25, 0.3) is 0 Å². The van der Waals surface area contributed by atoms with E-state index >= 15 is 0 Å². The first kappa shape index (κ1) is 12.1. The summed E-state index contributed by atoms with van der Waals surface area (Å²) in [6.07, 6.45) is 3.86. The minimum absolute atomic E-state index is 0.145. The van der Waals surface area contributed by atoms with Gasteiger partial charge in [-0.3, -0.25) is 0 Å². The maximum absolute atomic E-state index is 6.13. The molecule has 0 aromatic heterocycles. The molecule has 0 unspecified atom stereocenters. The van der Waals surface area contributed by atoms with E-state index < -0.39 is 0 Å². The minimum atomic E-state index is 0.145. The number of anilines is 2. The SMILES string of the molecule is CC(C)Oc1cccc(NC2(C)CCC2)c1N. The predicted molar refractivity (Wildman–Crippen MR) is 72.5 cm³/mol. The maximum atomic E-state index is 6.13. The first-order valence-electron chi connectivity index (χ1n) is 6.33. The number of nitrogens with one attached hydrogen (secondary N) is 1. The van der Waals surface area contributed by atoms with Crippen LogP contribution < -0.4 is 15.8 Å². The molecule has 0 aliphatic heterocycles. The second-order valence-corrected chi connectivity index (χ2v) is 5.42. The number of hydrogen-bond donors (Lipinski definition) is 2. The molecule has 3 nitrogen and oxygen atoms in total. The second kappa shape index (κ2) is 4.47. The standard InChI is InChI=1S/C14H22N2O/c1-10(2)17-12-7-4-6-11(13(12)15)16-14(3)8-5-9-14/h4,6-7,10,16H,5,8-9,15H2,1-3H3. The van der Waals surface area contributed by atoms with Crippen molar-refractivity contribution in [3.8, 4) is 5.75 Å². The Morgan fingerprint density at radius 1 is 1.35 bits per heavy atom. The molecule has 1 saturated carbocycles. The molecule has 17 heavy (non-hydrogen) atoms. The van der Waals surface area contributed by atoms with Gasteiger partial charge in [-0.25, -0.2) is 0 Å². The van der Waals surface area contributed by atoms with E-state index in [1.165, 1.54) is 19.3 Å². The molecule has 0 atom stereocenters. The van der Waals surface area contributed by atoms with Gasteiger partial charge in [-0.1, -0.05) is 6.07 Å². The molecular formula is C14H22N2O. The molecule has 0 radical (unpaired) electrons. The molecule has 0 amide bonds. The fourth-order valence-corrected chi connectivity index (χ4v) is 2.17. The van der Waals surface area contributed by atoms with Gasteiger partial charge in [0.05, 0.1) is 17.5 Å². The monoisotopic (exact) mass is 234 g/mol. The Balaban J connectivity index is 2.17. The predicted octanol–water partition coefficient (Wildman–Crippen LogP) is 3.41. The van der Waals surface area contributed by atoms with Crippen molar-refractivity contribution in [2.75, 3.05) is 11.1 Å². The number of hydrogen-bond acceptors (Lipinski definition) is 3. The van der Waals surface area contributed by atoms with Crippen molar-refractivity contribution in [1.29, 1.82) is 0 Å². The quantitative estimate of drug-likeness (QED) is 0.785. The molecule has 1 aromatic carbocycles. The molecule has 3 N–H and O–H groups in total. The largest absolute Gasteiger partial charge is 0.489 e. The van der Waals surface area contributed by atoms with Crippen LogP contribution in [0.5, 0.6) is 5.75 Å². The first-order chi connectivity index (χ1) is 8.00. The number of benzene rings is 1. The van der Waals surface area contributed by atoms with Gasteiger partial charge in [0, 0.05) is 5.54 Å². The molecular weight excluding hydrogens is 212 g/mol. The van der Waals surface area contributed by atoms with Gasteiger partial charge in [-0.15, -0.1) is 0 Å². The van der Waals surface area contributed by atoms with E-state index in [2.05, 4.69) is 12.2 Å². The van der Waals surface area contributed by atoms with Crippen LogP contribution in [0.15, 0.2) is 18.2 Å². The van der Waals surface area contributed by atoms with Crippen LogP contribution in [0.2, 0.25) is 0 Å². The highest BCUT2D eigenvalue weighted by Crippen LogP contribution is 2.38. The highest BCUT2D eigenvalue weighted by atomic mass is 16.5. The Bertz CT molecular complexity index is 397. The molecule has 0 bridgehead atoms. The lowest BCUT2D eigenvalue weighted by atomic mass is 9.78. The molecule has 1 aliphatic rings. The highest BCUT2D eigenvalue weighted by Gasteiger charge is 2.32. The van der Waals surface area contributed by atoms with E-state index in [9.17, 15) is 0 Å². The summed E-state index contributed by atoms with van der Waals surface area (Å²) in [4.78, 5) is 0. The Kier molecular flexibility index (Phi) is 3.18. The lowest BCUT2D eigenvalue weighted by Crippen LogP contribution is -2.41. The van der Waals surface area contributed by atoms with Crippen molar-refractivity contribution >= 4 is 11.4 Å². The molecule has 1 aromatic rings. The summed E-state index contributed by atoms with van der Waals surface area (Å²) in [6.45, 7) is 6.26. The summed E-state index contributed by atoms with van der Waals surface area (Å²) in [7, 11) is 0. The van der Waals surface area contributed by atoms with Gasteiger partial charge in [0.25, 0.3) is 0 Å². The van der Waals surface area contributed by atoms with Crippen molar-refractivity contribution in [2.24, 2.45) is 0 Å². The summed E-state index contributed by atoms with van der Waals surface area (Å²) in [6, 6.07) is 5.92.